The van der Waals surface area contributed by atoms with Crippen LogP contribution in [0.3, 0.4) is 0 Å². The van der Waals surface area contributed by atoms with Gasteiger partial charge in [-0.25, -0.2) is 9.50 Å². The van der Waals surface area contributed by atoms with E-state index in [0.29, 0.717) is 11.2 Å². The van der Waals surface area contributed by atoms with E-state index in [4.69, 9.17) is 4.74 Å². The summed E-state index contributed by atoms with van der Waals surface area (Å²) in [6.45, 7) is 11.6. The summed E-state index contributed by atoms with van der Waals surface area (Å²) >= 11 is 0. The maximum atomic E-state index is 13.3. The Morgan fingerprint density at radius 1 is 1.24 bits per heavy atom. The van der Waals surface area contributed by atoms with E-state index in [1.165, 1.54) is 0 Å². The molecule has 1 aromatic carbocycles. The Morgan fingerprint density at radius 3 is 2.74 bits per heavy atom. The summed E-state index contributed by atoms with van der Waals surface area (Å²) in [5.41, 5.74) is 3.20. The summed E-state index contributed by atoms with van der Waals surface area (Å²) in [5.74, 6) is 0.627. The Balaban J connectivity index is 1.45. The van der Waals surface area contributed by atoms with Gasteiger partial charge in [0.25, 0.3) is 5.91 Å². The lowest BCUT2D eigenvalue weighted by Crippen LogP contribution is -2.56. The number of fused-ring (bicyclic) bond motifs is 2. The fourth-order valence-electron chi connectivity index (χ4n) is 4.83. The van der Waals surface area contributed by atoms with Crippen LogP contribution in [0.4, 0.5) is 11.4 Å². The summed E-state index contributed by atoms with van der Waals surface area (Å²) < 4.78 is 7.80. The van der Waals surface area contributed by atoms with Crippen LogP contribution in [0.2, 0.25) is 0 Å². The van der Waals surface area contributed by atoms with Gasteiger partial charge in [0.05, 0.1) is 24.2 Å². The minimum atomic E-state index is -0.279. The van der Waals surface area contributed by atoms with Gasteiger partial charge in [0, 0.05) is 62.2 Å². The number of piperazine rings is 1. The number of nitrogens with one attached hydrogen (secondary N) is 1. The van der Waals surface area contributed by atoms with Crippen LogP contribution < -0.4 is 15.0 Å². The zero-order chi connectivity index (χ0) is 24.1. The Kier molecular flexibility index (Phi) is 5.49. The molecular formula is C25H32N6O3. The molecular weight excluding hydrogens is 432 g/mol. The van der Waals surface area contributed by atoms with Gasteiger partial charge >= 0.3 is 0 Å². The van der Waals surface area contributed by atoms with E-state index >= 15 is 0 Å². The smallest absolute Gasteiger partial charge is 0.261 e. The van der Waals surface area contributed by atoms with E-state index in [2.05, 4.69) is 59.0 Å². The van der Waals surface area contributed by atoms with Crippen LogP contribution in [-0.2, 0) is 6.42 Å². The number of anilines is 2. The lowest BCUT2D eigenvalue weighted by Gasteiger charge is -2.44. The van der Waals surface area contributed by atoms with Gasteiger partial charge in [-0.2, -0.15) is 5.10 Å². The third-order valence-corrected chi connectivity index (χ3v) is 6.82. The average molecular weight is 465 g/mol. The fraction of sp³-hybridized carbons (Fsp3) is 0.480. The van der Waals surface area contributed by atoms with Crippen LogP contribution in [0.1, 0.15) is 43.6 Å². The van der Waals surface area contributed by atoms with Crippen molar-refractivity contribution in [2.45, 2.75) is 45.3 Å². The molecule has 0 unspecified atom stereocenters. The van der Waals surface area contributed by atoms with Gasteiger partial charge in [0.15, 0.2) is 5.65 Å². The zero-order valence-electron chi connectivity index (χ0n) is 20.2. The molecule has 0 aliphatic carbocycles. The first-order chi connectivity index (χ1) is 16.2. The van der Waals surface area contributed by atoms with Crippen molar-refractivity contribution in [2.75, 3.05) is 43.0 Å². The zero-order valence-corrected chi connectivity index (χ0v) is 20.2. The highest BCUT2D eigenvalue weighted by atomic mass is 16.5. The first-order valence-electron chi connectivity index (χ1n) is 11.7. The van der Waals surface area contributed by atoms with Crippen LogP contribution in [0, 0.1) is 0 Å². The molecule has 4 heterocycles. The van der Waals surface area contributed by atoms with Crippen LogP contribution in [-0.4, -0.2) is 74.4 Å². The number of aliphatic hydroxyl groups excluding tert-OH is 1. The number of rotatable bonds is 5. The first kappa shape index (κ1) is 22.6. The van der Waals surface area contributed by atoms with E-state index in [-0.39, 0.29) is 23.7 Å². The molecule has 9 heteroatoms. The van der Waals surface area contributed by atoms with Crippen molar-refractivity contribution in [3.8, 4) is 5.75 Å². The van der Waals surface area contributed by atoms with Gasteiger partial charge in [0.1, 0.15) is 16.9 Å². The molecule has 1 fully saturated rings. The van der Waals surface area contributed by atoms with E-state index in [0.717, 1.165) is 55.3 Å². The van der Waals surface area contributed by atoms with E-state index in [1.54, 1.807) is 29.2 Å². The highest BCUT2D eigenvalue weighted by Crippen LogP contribution is 2.42. The largest absolute Gasteiger partial charge is 0.487 e. The number of carbonyl (C=O) groups excluding carboxylic acids is 1. The van der Waals surface area contributed by atoms with Crippen LogP contribution >= 0.6 is 0 Å². The molecule has 2 aliphatic rings. The number of hydrogen-bond acceptors (Lipinski definition) is 7. The molecule has 5 rings (SSSR count). The number of benzene rings is 1. The number of aliphatic hydroxyl groups is 1. The highest BCUT2D eigenvalue weighted by molar-refractivity contribution is 6.09. The molecule has 34 heavy (non-hydrogen) atoms. The maximum absolute atomic E-state index is 13.3. The third-order valence-electron chi connectivity index (χ3n) is 6.82. The fourth-order valence-corrected chi connectivity index (χ4v) is 4.83. The number of aromatic nitrogens is 3. The number of ether oxygens (including phenoxy) is 1. The Labute approximate surface area is 199 Å². The van der Waals surface area contributed by atoms with Crippen molar-refractivity contribution in [2.24, 2.45) is 0 Å². The molecule has 0 saturated carbocycles. The van der Waals surface area contributed by atoms with Gasteiger partial charge in [-0.15, -0.1) is 0 Å². The molecule has 0 spiro atoms. The molecule has 2 aliphatic heterocycles. The molecule has 3 aromatic rings. The van der Waals surface area contributed by atoms with Crippen LogP contribution in [0.25, 0.3) is 5.65 Å². The predicted molar refractivity (Wildman–Crippen MR) is 131 cm³/mol. The van der Waals surface area contributed by atoms with Crippen molar-refractivity contribution < 1.29 is 14.6 Å². The molecule has 0 radical (unpaired) electrons. The summed E-state index contributed by atoms with van der Waals surface area (Å²) in [5, 5.41) is 17.1. The number of hydrogen-bond donors (Lipinski definition) is 2. The molecule has 9 nitrogen and oxygen atoms in total. The normalized spacial score (nSPS) is 18.1. The monoisotopic (exact) mass is 464 g/mol. The predicted octanol–water partition coefficient (Wildman–Crippen LogP) is 2.59. The second-order valence-electron chi connectivity index (χ2n) is 10.4. The maximum Gasteiger partial charge on any atom is 0.261 e. The summed E-state index contributed by atoms with van der Waals surface area (Å²) in [6, 6.07) is 5.88. The van der Waals surface area contributed by atoms with Crippen LogP contribution in [0.5, 0.6) is 5.75 Å². The molecule has 2 aromatic heterocycles. The number of amides is 1. The molecule has 180 valence electrons. The summed E-state index contributed by atoms with van der Waals surface area (Å²) in [7, 11) is 0. The lowest BCUT2D eigenvalue weighted by molar-refractivity contribution is 0.0527. The number of carbonyl (C=O) groups is 1. The van der Waals surface area contributed by atoms with Crippen molar-refractivity contribution in [1.29, 1.82) is 0 Å². The second kappa shape index (κ2) is 8.25. The SMILES string of the molecule is CC1(C)Cc2cc(NC(=O)c3cnn4cccnc34)c(N3CCN(C(C)(C)CO)CC3)cc2O1. The van der Waals surface area contributed by atoms with Crippen molar-refractivity contribution in [1.82, 2.24) is 19.5 Å². The van der Waals surface area contributed by atoms with E-state index in [9.17, 15) is 9.90 Å². The highest BCUT2D eigenvalue weighted by Gasteiger charge is 2.34. The van der Waals surface area contributed by atoms with E-state index in [1.807, 2.05) is 6.07 Å². The Morgan fingerprint density at radius 2 is 2.00 bits per heavy atom. The molecule has 0 bridgehead atoms. The van der Waals surface area contributed by atoms with Crippen molar-refractivity contribution >= 4 is 22.9 Å². The van der Waals surface area contributed by atoms with E-state index < -0.39 is 0 Å². The third kappa shape index (κ3) is 4.10. The minimum absolute atomic E-state index is 0.115. The molecule has 2 N–H and O–H groups in total. The topological polar surface area (TPSA) is 95.2 Å². The lowest BCUT2D eigenvalue weighted by atomic mass is 10.00. The standard InChI is InChI=1S/C25H32N6O3/c1-24(2,16-32)30-10-8-29(9-11-30)20-13-21-17(14-25(3,4)34-21)12-19(20)28-23(33)18-15-27-31-7-5-6-26-22(18)31/h5-7,12-13,15,32H,8-11,14,16H2,1-4H3,(H,28,33). The Hall–Kier alpha value is -3.17. The average Bonchev–Trinajstić information content (AvgIpc) is 3.37. The van der Waals surface area contributed by atoms with Gasteiger partial charge in [-0.3, -0.25) is 9.69 Å². The summed E-state index contributed by atoms with van der Waals surface area (Å²) in [6.07, 6.45) is 5.75. The van der Waals surface area contributed by atoms with Gasteiger partial charge in [-0.05, 0) is 39.8 Å². The molecule has 1 saturated heterocycles. The minimum Gasteiger partial charge on any atom is -0.487 e. The quantitative estimate of drug-likeness (QED) is 0.599. The molecule has 0 atom stereocenters. The second-order valence-corrected chi connectivity index (χ2v) is 10.4. The number of nitrogens with zero attached hydrogens (tertiary/aromatic N) is 5. The van der Waals surface area contributed by atoms with Crippen LogP contribution in [0.15, 0.2) is 36.8 Å². The van der Waals surface area contributed by atoms with Crippen molar-refractivity contribution in [3.63, 3.8) is 0 Å². The Bertz CT molecular complexity index is 1230. The van der Waals surface area contributed by atoms with Crippen molar-refractivity contribution in [3.05, 3.63) is 47.9 Å². The van der Waals surface area contributed by atoms with Gasteiger partial charge in [-0.1, -0.05) is 0 Å². The van der Waals surface area contributed by atoms with Gasteiger partial charge < -0.3 is 20.1 Å². The molecule has 1 amide bonds. The van der Waals surface area contributed by atoms with Gasteiger partial charge in [0.2, 0.25) is 0 Å². The summed E-state index contributed by atoms with van der Waals surface area (Å²) in [4.78, 5) is 22.2. The first-order valence-corrected chi connectivity index (χ1v) is 11.7.